The van der Waals surface area contributed by atoms with E-state index in [9.17, 15) is 4.79 Å². The molecule has 0 aliphatic carbocycles. The standard InChI is InChI=1S/C18H16ClNOS/c1-3-22-18-5-4-13(19)9-16(18)15-10-14-8-12(2)6-7-20(14)17(15)11-21/h4-11H,3H2,1-2H3. The highest BCUT2D eigenvalue weighted by Crippen LogP contribution is 2.36. The maximum Gasteiger partial charge on any atom is 0.167 e. The first-order valence-electron chi connectivity index (χ1n) is 7.13. The molecule has 22 heavy (non-hydrogen) atoms. The lowest BCUT2D eigenvalue weighted by molar-refractivity contribution is 0.111. The van der Waals surface area contributed by atoms with Crippen molar-refractivity contribution in [3.63, 3.8) is 0 Å². The van der Waals surface area contributed by atoms with E-state index in [1.807, 2.05) is 41.8 Å². The normalized spacial score (nSPS) is 11.0. The number of aldehydes is 1. The van der Waals surface area contributed by atoms with Crippen molar-refractivity contribution in [2.24, 2.45) is 0 Å². The van der Waals surface area contributed by atoms with E-state index in [1.165, 1.54) is 5.56 Å². The Morgan fingerprint density at radius 3 is 2.73 bits per heavy atom. The van der Waals surface area contributed by atoms with Gasteiger partial charge in [0.15, 0.2) is 6.29 Å². The minimum Gasteiger partial charge on any atom is -0.314 e. The fourth-order valence-electron chi connectivity index (χ4n) is 2.64. The SMILES string of the molecule is CCSc1ccc(Cl)cc1-c1cc2cc(C)ccn2c1C=O. The number of aromatic nitrogens is 1. The van der Waals surface area contributed by atoms with Crippen molar-refractivity contribution in [3.05, 3.63) is 58.9 Å². The summed E-state index contributed by atoms with van der Waals surface area (Å²) in [4.78, 5) is 12.8. The summed E-state index contributed by atoms with van der Waals surface area (Å²) in [7, 11) is 0. The number of fused-ring (bicyclic) bond motifs is 1. The lowest BCUT2D eigenvalue weighted by atomic mass is 10.1. The van der Waals surface area contributed by atoms with Crippen LogP contribution in [0.3, 0.4) is 0 Å². The topological polar surface area (TPSA) is 21.5 Å². The van der Waals surface area contributed by atoms with Gasteiger partial charge in [-0.15, -0.1) is 11.8 Å². The number of benzene rings is 1. The van der Waals surface area contributed by atoms with E-state index < -0.39 is 0 Å². The molecular weight excluding hydrogens is 314 g/mol. The number of hydrogen-bond donors (Lipinski definition) is 0. The Hall–Kier alpha value is -1.71. The van der Waals surface area contributed by atoms with Gasteiger partial charge in [-0.2, -0.15) is 0 Å². The van der Waals surface area contributed by atoms with Crippen molar-refractivity contribution in [2.45, 2.75) is 18.7 Å². The molecule has 0 aliphatic rings. The molecule has 112 valence electrons. The maximum atomic E-state index is 11.7. The quantitative estimate of drug-likeness (QED) is 0.466. The summed E-state index contributed by atoms with van der Waals surface area (Å²) < 4.78 is 1.93. The van der Waals surface area contributed by atoms with Gasteiger partial charge in [-0.05, 0) is 60.2 Å². The van der Waals surface area contributed by atoms with Crippen molar-refractivity contribution >= 4 is 35.2 Å². The van der Waals surface area contributed by atoms with E-state index in [4.69, 9.17) is 11.6 Å². The van der Waals surface area contributed by atoms with Crippen molar-refractivity contribution in [2.75, 3.05) is 5.75 Å². The number of aryl methyl sites for hydroxylation is 1. The summed E-state index contributed by atoms with van der Waals surface area (Å²) in [6.45, 7) is 4.16. The smallest absolute Gasteiger partial charge is 0.167 e. The van der Waals surface area contributed by atoms with Crippen LogP contribution in [0.15, 0.2) is 47.5 Å². The minimum atomic E-state index is 0.662. The van der Waals surface area contributed by atoms with Crippen LogP contribution in [0.2, 0.25) is 5.02 Å². The summed E-state index contributed by atoms with van der Waals surface area (Å²) in [5, 5.41) is 0.679. The average Bonchev–Trinajstić information content (AvgIpc) is 2.86. The van der Waals surface area contributed by atoms with Crippen molar-refractivity contribution in [1.29, 1.82) is 0 Å². The molecule has 0 saturated heterocycles. The number of hydrogen-bond acceptors (Lipinski definition) is 2. The molecule has 4 heteroatoms. The molecule has 0 N–H and O–H groups in total. The zero-order valence-electron chi connectivity index (χ0n) is 12.5. The van der Waals surface area contributed by atoms with Crippen LogP contribution < -0.4 is 0 Å². The fourth-order valence-corrected chi connectivity index (χ4v) is 3.61. The summed E-state index contributed by atoms with van der Waals surface area (Å²) in [6, 6.07) is 12.0. The highest BCUT2D eigenvalue weighted by atomic mass is 35.5. The van der Waals surface area contributed by atoms with E-state index in [1.54, 1.807) is 11.8 Å². The number of carbonyl (C=O) groups excluding carboxylic acids is 1. The van der Waals surface area contributed by atoms with Crippen LogP contribution in [0, 0.1) is 6.92 Å². The number of thioether (sulfide) groups is 1. The minimum absolute atomic E-state index is 0.662. The first kappa shape index (κ1) is 15.2. The zero-order chi connectivity index (χ0) is 15.7. The summed E-state index contributed by atoms with van der Waals surface area (Å²) in [6.07, 6.45) is 2.86. The molecule has 1 aromatic carbocycles. The molecule has 0 amide bonds. The van der Waals surface area contributed by atoms with Crippen LogP contribution in [-0.2, 0) is 0 Å². The Morgan fingerprint density at radius 2 is 2.00 bits per heavy atom. The molecule has 2 nitrogen and oxygen atoms in total. The molecule has 0 aliphatic heterocycles. The van der Waals surface area contributed by atoms with Crippen LogP contribution in [0.1, 0.15) is 23.0 Å². The molecular formula is C18H16ClNOS. The molecule has 0 atom stereocenters. The van der Waals surface area contributed by atoms with E-state index in [-0.39, 0.29) is 0 Å². The van der Waals surface area contributed by atoms with Gasteiger partial charge < -0.3 is 4.40 Å². The van der Waals surface area contributed by atoms with Gasteiger partial charge in [-0.1, -0.05) is 18.5 Å². The lowest BCUT2D eigenvalue weighted by Gasteiger charge is -2.08. The first-order chi connectivity index (χ1) is 10.6. The first-order valence-corrected chi connectivity index (χ1v) is 8.50. The highest BCUT2D eigenvalue weighted by Gasteiger charge is 2.15. The van der Waals surface area contributed by atoms with Crippen LogP contribution >= 0.6 is 23.4 Å². The number of pyridine rings is 1. The fraction of sp³-hybridized carbons (Fsp3) is 0.167. The molecule has 2 aromatic heterocycles. The van der Waals surface area contributed by atoms with Crippen LogP contribution in [0.25, 0.3) is 16.6 Å². The van der Waals surface area contributed by atoms with Gasteiger partial charge >= 0.3 is 0 Å². The Morgan fingerprint density at radius 1 is 1.18 bits per heavy atom. The van der Waals surface area contributed by atoms with Gasteiger partial charge in [0, 0.05) is 27.2 Å². The van der Waals surface area contributed by atoms with Crippen LogP contribution in [0.4, 0.5) is 0 Å². The summed E-state index contributed by atoms with van der Waals surface area (Å²) in [5.41, 5.74) is 4.80. The zero-order valence-corrected chi connectivity index (χ0v) is 14.0. The van der Waals surface area contributed by atoms with E-state index in [0.717, 1.165) is 33.6 Å². The van der Waals surface area contributed by atoms with Crippen LogP contribution in [0.5, 0.6) is 0 Å². The predicted molar refractivity (Wildman–Crippen MR) is 94.4 cm³/mol. The van der Waals surface area contributed by atoms with Crippen molar-refractivity contribution < 1.29 is 4.79 Å². The van der Waals surface area contributed by atoms with Crippen molar-refractivity contribution in [1.82, 2.24) is 4.40 Å². The van der Waals surface area contributed by atoms with Gasteiger partial charge in [-0.25, -0.2) is 0 Å². The molecule has 0 bridgehead atoms. The van der Waals surface area contributed by atoms with Gasteiger partial charge in [0.25, 0.3) is 0 Å². The van der Waals surface area contributed by atoms with Crippen LogP contribution in [-0.4, -0.2) is 16.4 Å². The summed E-state index contributed by atoms with van der Waals surface area (Å²) >= 11 is 7.94. The number of halogens is 1. The Balaban J connectivity index is 2.30. The van der Waals surface area contributed by atoms with Gasteiger partial charge in [-0.3, -0.25) is 4.79 Å². The second-order valence-electron chi connectivity index (χ2n) is 5.13. The van der Waals surface area contributed by atoms with E-state index >= 15 is 0 Å². The Labute approximate surface area is 139 Å². The Bertz CT molecular complexity index is 854. The molecule has 0 radical (unpaired) electrons. The number of carbonyl (C=O) groups is 1. The molecule has 0 saturated carbocycles. The average molecular weight is 330 g/mol. The Kier molecular flexibility index (Phi) is 4.27. The van der Waals surface area contributed by atoms with Gasteiger partial charge in [0.2, 0.25) is 0 Å². The van der Waals surface area contributed by atoms with Gasteiger partial charge in [0.1, 0.15) is 0 Å². The molecule has 3 aromatic rings. The molecule has 0 unspecified atom stereocenters. The van der Waals surface area contributed by atoms with Crippen molar-refractivity contribution in [3.8, 4) is 11.1 Å². The lowest BCUT2D eigenvalue weighted by Crippen LogP contribution is -1.93. The second kappa shape index (κ2) is 6.19. The third-order valence-electron chi connectivity index (χ3n) is 3.61. The molecule has 0 spiro atoms. The van der Waals surface area contributed by atoms with E-state index in [2.05, 4.69) is 19.1 Å². The summed E-state index contributed by atoms with van der Waals surface area (Å²) in [5.74, 6) is 0.970. The third-order valence-corrected chi connectivity index (χ3v) is 4.80. The molecule has 3 rings (SSSR count). The van der Waals surface area contributed by atoms with E-state index in [0.29, 0.717) is 10.7 Å². The number of rotatable bonds is 4. The van der Waals surface area contributed by atoms with Gasteiger partial charge in [0.05, 0.1) is 5.69 Å². The number of nitrogens with zero attached hydrogens (tertiary/aromatic N) is 1. The monoisotopic (exact) mass is 329 g/mol. The third kappa shape index (κ3) is 2.67. The second-order valence-corrected chi connectivity index (χ2v) is 6.88. The highest BCUT2D eigenvalue weighted by molar-refractivity contribution is 7.99. The molecule has 0 fully saturated rings. The maximum absolute atomic E-state index is 11.7. The molecule has 2 heterocycles. The predicted octanol–water partition coefficient (Wildman–Crippen LogP) is 5.49. The largest absolute Gasteiger partial charge is 0.314 e.